The van der Waals surface area contributed by atoms with Crippen LogP contribution in [0.1, 0.15) is 51.0 Å². The zero-order chi connectivity index (χ0) is 29.3. The van der Waals surface area contributed by atoms with Gasteiger partial charge in [-0.05, 0) is 54.2 Å². The summed E-state index contributed by atoms with van der Waals surface area (Å²) < 4.78 is 65.3. The van der Waals surface area contributed by atoms with Gasteiger partial charge in [0.2, 0.25) is 0 Å². The molecule has 2 saturated heterocycles. The molecule has 2 unspecified atom stereocenters. The molecule has 0 saturated carbocycles. The number of hydrogen-bond donors (Lipinski definition) is 1. The average molecular weight is 574 g/mol. The van der Waals surface area contributed by atoms with E-state index in [0.717, 1.165) is 24.6 Å². The predicted octanol–water partition coefficient (Wildman–Crippen LogP) is 5.06. The minimum absolute atomic E-state index is 0.0578. The summed E-state index contributed by atoms with van der Waals surface area (Å²) in [4.78, 5) is 20.4. The molecule has 2 aliphatic rings. The molecule has 4 atom stereocenters. The molecule has 5 rings (SSSR count). The number of carbonyl (C=O) groups is 1. The summed E-state index contributed by atoms with van der Waals surface area (Å²) in [5, 5.41) is 7.60. The van der Waals surface area contributed by atoms with Crippen LogP contribution in [0, 0.1) is 28.8 Å². The van der Waals surface area contributed by atoms with E-state index in [4.69, 9.17) is 9.72 Å². The standard InChI is InChI=1S/C30H35F4N5O2/c1-30(2,3)26(38(17-19-14-35-15-24(19)34)29(40)25-8-5-11-41-25)28-36-27(22-13-21(32)9-10-23(22)33)37-39(28)16-18-6-4-7-20(31)12-18/h4,6-7,9-10,12-13,19,24-26,35H,5,8,11,14-17H2,1-3H3/t19-,24-,25?,26?/m0/s1. The number of benzene rings is 2. The molecule has 1 aromatic heterocycles. The van der Waals surface area contributed by atoms with Gasteiger partial charge >= 0.3 is 0 Å². The number of nitrogens with zero attached hydrogens (tertiary/aromatic N) is 4. The number of rotatable bonds is 8. The summed E-state index contributed by atoms with van der Waals surface area (Å²) in [5.74, 6) is -2.31. The lowest BCUT2D eigenvalue weighted by molar-refractivity contribution is -0.147. The Labute approximate surface area is 236 Å². The third-order valence-electron chi connectivity index (χ3n) is 7.64. The van der Waals surface area contributed by atoms with Gasteiger partial charge in [-0.25, -0.2) is 27.2 Å². The molecule has 0 bridgehead atoms. The number of halogens is 4. The highest BCUT2D eigenvalue weighted by Crippen LogP contribution is 2.40. The first kappa shape index (κ1) is 29.2. The van der Waals surface area contributed by atoms with E-state index in [2.05, 4.69) is 10.4 Å². The summed E-state index contributed by atoms with van der Waals surface area (Å²) in [5.41, 5.74) is -0.232. The molecule has 11 heteroatoms. The second kappa shape index (κ2) is 11.9. The van der Waals surface area contributed by atoms with E-state index < -0.39 is 47.1 Å². The first-order valence-electron chi connectivity index (χ1n) is 13.9. The van der Waals surface area contributed by atoms with Gasteiger partial charge in [0.15, 0.2) is 11.6 Å². The van der Waals surface area contributed by atoms with Crippen molar-refractivity contribution in [3.8, 4) is 11.4 Å². The Hall–Kier alpha value is -3.31. The van der Waals surface area contributed by atoms with E-state index in [0.29, 0.717) is 31.0 Å². The highest BCUT2D eigenvalue weighted by atomic mass is 19.1. The van der Waals surface area contributed by atoms with Crippen molar-refractivity contribution >= 4 is 5.91 Å². The van der Waals surface area contributed by atoms with Crippen LogP contribution in [0.15, 0.2) is 42.5 Å². The number of amides is 1. The summed E-state index contributed by atoms with van der Waals surface area (Å²) in [7, 11) is 0. The number of aromatic nitrogens is 3. The lowest BCUT2D eigenvalue weighted by atomic mass is 9.83. The fourth-order valence-electron chi connectivity index (χ4n) is 5.67. The number of carbonyl (C=O) groups excluding carboxylic acids is 1. The molecule has 2 aliphatic heterocycles. The Morgan fingerprint density at radius 1 is 1.15 bits per heavy atom. The van der Waals surface area contributed by atoms with Crippen LogP contribution in [-0.4, -0.2) is 64.1 Å². The zero-order valence-electron chi connectivity index (χ0n) is 23.4. The number of nitrogens with one attached hydrogen (secondary N) is 1. The summed E-state index contributed by atoms with van der Waals surface area (Å²) >= 11 is 0. The van der Waals surface area contributed by atoms with Crippen molar-refractivity contribution in [2.24, 2.45) is 11.3 Å². The maximum Gasteiger partial charge on any atom is 0.252 e. The molecular formula is C30H35F4N5O2. The van der Waals surface area contributed by atoms with Crippen LogP contribution in [0.5, 0.6) is 0 Å². The molecule has 3 aromatic rings. The normalized spacial score (nSPS) is 21.8. The molecular weight excluding hydrogens is 538 g/mol. The average Bonchev–Trinajstić information content (AvgIpc) is 3.67. The molecule has 2 fully saturated rings. The maximum atomic E-state index is 14.9. The van der Waals surface area contributed by atoms with E-state index >= 15 is 0 Å². The molecule has 7 nitrogen and oxygen atoms in total. The van der Waals surface area contributed by atoms with Gasteiger partial charge in [0.1, 0.15) is 29.7 Å². The molecule has 41 heavy (non-hydrogen) atoms. The summed E-state index contributed by atoms with van der Waals surface area (Å²) in [6.07, 6.45) is -0.534. The van der Waals surface area contributed by atoms with Gasteiger partial charge in [-0.2, -0.15) is 5.10 Å². The topological polar surface area (TPSA) is 72.3 Å². The molecule has 3 heterocycles. The Bertz CT molecular complexity index is 1390. The fraction of sp³-hybridized carbons (Fsp3) is 0.500. The summed E-state index contributed by atoms with van der Waals surface area (Å²) in [6.45, 7) is 7.01. The lowest BCUT2D eigenvalue weighted by Crippen LogP contribution is -2.49. The molecule has 1 amide bonds. The number of hydrogen-bond acceptors (Lipinski definition) is 5. The first-order valence-corrected chi connectivity index (χ1v) is 13.9. The molecule has 2 aromatic carbocycles. The van der Waals surface area contributed by atoms with E-state index in [9.17, 15) is 22.4 Å². The quantitative estimate of drug-likeness (QED) is 0.382. The van der Waals surface area contributed by atoms with Crippen LogP contribution in [0.3, 0.4) is 0 Å². The zero-order valence-corrected chi connectivity index (χ0v) is 23.4. The third-order valence-corrected chi connectivity index (χ3v) is 7.64. The fourth-order valence-corrected chi connectivity index (χ4v) is 5.67. The van der Waals surface area contributed by atoms with Gasteiger partial charge in [-0.3, -0.25) is 4.79 Å². The molecule has 0 radical (unpaired) electrons. The Morgan fingerprint density at radius 3 is 2.59 bits per heavy atom. The van der Waals surface area contributed by atoms with E-state index in [1.807, 2.05) is 20.8 Å². The largest absolute Gasteiger partial charge is 0.368 e. The van der Waals surface area contributed by atoms with Crippen molar-refractivity contribution in [1.29, 1.82) is 0 Å². The van der Waals surface area contributed by atoms with Gasteiger partial charge < -0.3 is 15.0 Å². The predicted molar refractivity (Wildman–Crippen MR) is 145 cm³/mol. The van der Waals surface area contributed by atoms with Crippen LogP contribution in [0.25, 0.3) is 11.4 Å². The van der Waals surface area contributed by atoms with Crippen molar-refractivity contribution in [2.75, 3.05) is 26.2 Å². The van der Waals surface area contributed by atoms with Crippen molar-refractivity contribution in [3.63, 3.8) is 0 Å². The first-order chi connectivity index (χ1) is 19.5. The van der Waals surface area contributed by atoms with Gasteiger partial charge in [0.05, 0.1) is 18.2 Å². The van der Waals surface area contributed by atoms with Gasteiger partial charge in [-0.1, -0.05) is 32.9 Å². The minimum Gasteiger partial charge on any atom is -0.368 e. The van der Waals surface area contributed by atoms with Crippen molar-refractivity contribution in [1.82, 2.24) is 25.0 Å². The van der Waals surface area contributed by atoms with Gasteiger partial charge in [0.25, 0.3) is 5.91 Å². The van der Waals surface area contributed by atoms with Crippen LogP contribution < -0.4 is 5.32 Å². The monoisotopic (exact) mass is 573 g/mol. The van der Waals surface area contributed by atoms with E-state index in [1.54, 1.807) is 17.0 Å². The number of ether oxygens (including phenoxy) is 1. The van der Waals surface area contributed by atoms with Crippen LogP contribution in [0.2, 0.25) is 0 Å². The summed E-state index contributed by atoms with van der Waals surface area (Å²) in [6, 6.07) is 8.23. The Kier molecular flexibility index (Phi) is 8.47. The Balaban J connectivity index is 1.65. The van der Waals surface area contributed by atoms with Crippen LogP contribution >= 0.6 is 0 Å². The minimum atomic E-state index is -1.14. The van der Waals surface area contributed by atoms with Gasteiger partial charge in [0, 0.05) is 32.2 Å². The third kappa shape index (κ3) is 6.46. The van der Waals surface area contributed by atoms with Crippen molar-refractivity contribution in [3.05, 3.63) is 71.3 Å². The van der Waals surface area contributed by atoms with Crippen LogP contribution in [0.4, 0.5) is 17.6 Å². The molecule has 0 spiro atoms. The second-order valence-electron chi connectivity index (χ2n) is 11.9. The van der Waals surface area contributed by atoms with E-state index in [-0.39, 0.29) is 36.9 Å². The SMILES string of the molecule is CC(C)(C)C(c1nc(-c2cc(F)ccc2F)nn1Cc1cccc(F)c1)N(C[C@@H]1CNC[C@@H]1F)C(=O)C1CCCO1. The van der Waals surface area contributed by atoms with Crippen molar-refractivity contribution in [2.45, 2.75) is 58.5 Å². The molecule has 1 N–H and O–H groups in total. The van der Waals surface area contributed by atoms with Crippen molar-refractivity contribution < 1.29 is 27.1 Å². The highest BCUT2D eigenvalue weighted by molar-refractivity contribution is 5.81. The highest BCUT2D eigenvalue weighted by Gasteiger charge is 2.44. The maximum absolute atomic E-state index is 14.9. The smallest absolute Gasteiger partial charge is 0.252 e. The Morgan fingerprint density at radius 2 is 1.93 bits per heavy atom. The molecule has 220 valence electrons. The molecule has 0 aliphatic carbocycles. The second-order valence-corrected chi connectivity index (χ2v) is 11.9. The number of alkyl halides is 1. The lowest BCUT2D eigenvalue weighted by Gasteiger charge is -2.41. The van der Waals surface area contributed by atoms with E-state index in [1.165, 1.54) is 16.8 Å². The van der Waals surface area contributed by atoms with Crippen LogP contribution in [-0.2, 0) is 16.1 Å². The van der Waals surface area contributed by atoms with Gasteiger partial charge in [-0.15, -0.1) is 0 Å².